The fraction of sp³-hybridized carbons (Fsp3) is 0.138. The minimum atomic E-state index is -0.327. The van der Waals surface area contributed by atoms with Crippen LogP contribution in [0, 0.1) is 5.82 Å². The van der Waals surface area contributed by atoms with Crippen LogP contribution in [0.3, 0.4) is 0 Å². The molecule has 0 fully saturated rings. The number of nitrogens with zero attached hydrogens (tertiary/aromatic N) is 4. The largest absolute Gasteiger partial charge is 0.353 e. The van der Waals surface area contributed by atoms with Gasteiger partial charge in [-0.05, 0) is 42.8 Å². The van der Waals surface area contributed by atoms with E-state index in [9.17, 15) is 9.18 Å². The molecule has 0 aliphatic carbocycles. The van der Waals surface area contributed by atoms with E-state index in [4.69, 9.17) is 0 Å². The second kappa shape index (κ2) is 9.85. The van der Waals surface area contributed by atoms with Crippen molar-refractivity contribution in [1.82, 2.24) is 30.1 Å². The molecule has 1 aromatic carbocycles. The van der Waals surface area contributed by atoms with Crippen molar-refractivity contribution < 1.29 is 9.18 Å². The molecule has 0 saturated heterocycles. The second-order valence-corrected chi connectivity index (χ2v) is 9.09. The van der Waals surface area contributed by atoms with E-state index in [2.05, 4.69) is 42.4 Å². The van der Waals surface area contributed by atoms with Gasteiger partial charge in [-0.2, -0.15) is 5.10 Å². The number of aromatic nitrogens is 6. The Kier molecular flexibility index (Phi) is 6.09. The molecule has 9 heteroatoms. The van der Waals surface area contributed by atoms with Crippen LogP contribution >= 0.6 is 0 Å². The lowest BCUT2D eigenvalue weighted by molar-refractivity contribution is -0.116. The molecule has 0 unspecified atom stereocenters. The number of pyridine rings is 3. The van der Waals surface area contributed by atoms with Crippen LogP contribution in [0.4, 0.5) is 10.1 Å². The number of carbonyl (C=O) groups excluding carboxylic acids is 1. The minimum absolute atomic E-state index is 0.0282. The summed E-state index contributed by atoms with van der Waals surface area (Å²) in [5.41, 5.74) is 6.19. The highest BCUT2D eigenvalue weighted by molar-refractivity contribution is 6.00. The Balaban J connectivity index is 1.38. The van der Waals surface area contributed by atoms with Crippen LogP contribution in [0.2, 0.25) is 0 Å². The number of H-pyrrole nitrogens is 2. The molecule has 1 amide bonds. The van der Waals surface area contributed by atoms with Gasteiger partial charge in [0.05, 0.1) is 23.3 Å². The third kappa shape index (κ3) is 4.39. The summed E-state index contributed by atoms with van der Waals surface area (Å²) < 4.78 is 14.5. The van der Waals surface area contributed by atoms with Crippen molar-refractivity contribution in [2.24, 2.45) is 0 Å². The third-order valence-corrected chi connectivity index (χ3v) is 6.46. The zero-order valence-corrected chi connectivity index (χ0v) is 20.6. The maximum Gasteiger partial charge on any atom is 0.224 e. The van der Waals surface area contributed by atoms with E-state index < -0.39 is 0 Å². The van der Waals surface area contributed by atoms with Crippen molar-refractivity contribution >= 4 is 33.5 Å². The standard InChI is InChI=1S/C29H24FN7O/c1-2-3-8-26(38)34-19-11-17(14-31-16-19)18-12-22-28(36-37-29(22)33-15-18)25-13-21-24(35-25)9-10-32-27(21)20-6-4-5-7-23(20)30/h4-7,9-16,35H,2-3,8H2,1H3,(H,34,38)(H,33,36,37). The number of anilines is 1. The Morgan fingerprint density at radius 3 is 2.71 bits per heavy atom. The van der Waals surface area contributed by atoms with Gasteiger partial charge in [-0.25, -0.2) is 9.37 Å². The van der Waals surface area contributed by atoms with Gasteiger partial charge in [-0.1, -0.05) is 25.5 Å². The number of carbonyl (C=O) groups is 1. The summed E-state index contributed by atoms with van der Waals surface area (Å²) in [5, 5.41) is 12.0. The SMILES string of the molecule is CCCCC(=O)Nc1cncc(-c2cnc3[nH]nc(-c4cc5c(-c6ccccc6F)nccc5[nH]4)c3c2)c1. The second-order valence-electron chi connectivity index (χ2n) is 9.09. The predicted octanol–water partition coefficient (Wildman–Crippen LogP) is 6.50. The van der Waals surface area contributed by atoms with Crippen LogP contribution in [0.5, 0.6) is 0 Å². The van der Waals surface area contributed by atoms with Crippen molar-refractivity contribution in [2.75, 3.05) is 5.32 Å². The third-order valence-electron chi connectivity index (χ3n) is 6.46. The molecular formula is C29H24FN7O. The highest BCUT2D eigenvalue weighted by Gasteiger charge is 2.17. The predicted molar refractivity (Wildman–Crippen MR) is 146 cm³/mol. The monoisotopic (exact) mass is 505 g/mol. The molecule has 0 aliphatic heterocycles. The number of hydrogen-bond acceptors (Lipinski definition) is 5. The summed E-state index contributed by atoms with van der Waals surface area (Å²) in [5.74, 6) is -0.355. The molecule has 6 rings (SSSR count). The molecular weight excluding hydrogens is 481 g/mol. The van der Waals surface area contributed by atoms with E-state index >= 15 is 0 Å². The molecule has 38 heavy (non-hydrogen) atoms. The molecule has 0 spiro atoms. The number of halogens is 1. The normalized spacial score (nSPS) is 11.3. The van der Waals surface area contributed by atoms with Crippen molar-refractivity contribution in [1.29, 1.82) is 0 Å². The number of benzene rings is 1. The molecule has 8 nitrogen and oxygen atoms in total. The maximum atomic E-state index is 14.5. The van der Waals surface area contributed by atoms with Gasteiger partial charge in [0.2, 0.25) is 5.91 Å². The van der Waals surface area contributed by atoms with Crippen molar-refractivity contribution in [3.05, 3.63) is 79.1 Å². The number of rotatable bonds is 7. The topological polar surface area (TPSA) is 112 Å². The van der Waals surface area contributed by atoms with Gasteiger partial charge in [0.15, 0.2) is 5.65 Å². The van der Waals surface area contributed by atoms with E-state index in [1.165, 1.54) is 6.07 Å². The lowest BCUT2D eigenvalue weighted by Gasteiger charge is -2.07. The van der Waals surface area contributed by atoms with E-state index in [-0.39, 0.29) is 11.7 Å². The Bertz CT molecular complexity index is 1790. The summed E-state index contributed by atoms with van der Waals surface area (Å²) in [6.07, 6.45) is 9.05. The molecule has 0 aliphatic rings. The molecule has 5 aromatic heterocycles. The van der Waals surface area contributed by atoms with Gasteiger partial charge < -0.3 is 10.3 Å². The van der Waals surface area contributed by atoms with E-state index in [0.717, 1.165) is 46.0 Å². The smallest absolute Gasteiger partial charge is 0.224 e. The highest BCUT2D eigenvalue weighted by Crippen LogP contribution is 2.34. The molecule has 5 heterocycles. The first-order chi connectivity index (χ1) is 18.6. The zero-order valence-electron chi connectivity index (χ0n) is 20.6. The summed E-state index contributed by atoms with van der Waals surface area (Å²) in [6, 6.07) is 14.3. The Morgan fingerprint density at radius 2 is 1.84 bits per heavy atom. The number of aromatic amines is 2. The summed E-state index contributed by atoms with van der Waals surface area (Å²) in [7, 11) is 0. The fourth-order valence-electron chi connectivity index (χ4n) is 4.54. The van der Waals surface area contributed by atoms with E-state index in [0.29, 0.717) is 34.7 Å². The van der Waals surface area contributed by atoms with Crippen LogP contribution in [-0.4, -0.2) is 36.0 Å². The maximum absolute atomic E-state index is 14.5. The van der Waals surface area contributed by atoms with Crippen molar-refractivity contribution in [2.45, 2.75) is 26.2 Å². The Hall–Kier alpha value is -4.92. The average Bonchev–Trinajstić information content (AvgIpc) is 3.56. The van der Waals surface area contributed by atoms with E-state index in [1.54, 1.807) is 43.0 Å². The fourth-order valence-corrected chi connectivity index (χ4v) is 4.54. The molecule has 0 saturated carbocycles. The first kappa shape index (κ1) is 23.5. The highest BCUT2D eigenvalue weighted by atomic mass is 19.1. The first-order valence-electron chi connectivity index (χ1n) is 12.4. The van der Waals surface area contributed by atoms with Gasteiger partial charge in [0.25, 0.3) is 0 Å². The number of unbranched alkanes of at least 4 members (excludes halogenated alkanes) is 1. The zero-order chi connectivity index (χ0) is 26.1. The molecule has 188 valence electrons. The van der Waals surface area contributed by atoms with Crippen molar-refractivity contribution in [3.63, 3.8) is 0 Å². The summed E-state index contributed by atoms with van der Waals surface area (Å²) >= 11 is 0. The number of amides is 1. The molecule has 6 aromatic rings. The first-order valence-corrected chi connectivity index (χ1v) is 12.4. The Morgan fingerprint density at radius 1 is 0.974 bits per heavy atom. The number of fused-ring (bicyclic) bond motifs is 2. The molecule has 0 radical (unpaired) electrons. The molecule has 0 atom stereocenters. The van der Waals surface area contributed by atoms with Crippen LogP contribution in [0.25, 0.3) is 55.7 Å². The van der Waals surface area contributed by atoms with Gasteiger partial charge >= 0.3 is 0 Å². The minimum Gasteiger partial charge on any atom is -0.353 e. The van der Waals surface area contributed by atoms with Gasteiger partial charge in [0, 0.05) is 58.0 Å². The quantitative estimate of drug-likeness (QED) is 0.229. The van der Waals surface area contributed by atoms with Gasteiger partial charge in [-0.3, -0.25) is 19.9 Å². The lowest BCUT2D eigenvalue weighted by Crippen LogP contribution is -2.11. The molecule has 0 bridgehead atoms. The Labute approximate surface area is 217 Å². The molecule has 3 N–H and O–H groups in total. The van der Waals surface area contributed by atoms with Gasteiger partial charge in [-0.15, -0.1) is 0 Å². The van der Waals surface area contributed by atoms with Gasteiger partial charge in [0.1, 0.15) is 11.5 Å². The van der Waals surface area contributed by atoms with E-state index in [1.807, 2.05) is 24.3 Å². The number of hydrogen-bond donors (Lipinski definition) is 3. The van der Waals surface area contributed by atoms with Crippen molar-refractivity contribution in [3.8, 4) is 33.8 Å². The van der Waals surface area contributed by atoms with Crippen LogP contribution in [0.1, 0.15) is 26.2 Å². The summed E-state index contributed by atoms with van der Waals surface area (Å²) in [6.45, 7) is 2.05. The van der Waals surface area contributed by atoms with Crippen LogP contribution < -0.4 is 5.32 Å². The summed E-state index contributed by atoms with van der Waals surface area (Å²) in [4.78, 5) is 28.9. The van der Waals surface area contributed by atoms with Crippen LogP contribution in [-0.2, 0) is 4.79 Å². The average molecular weight is 506 g/mol. The lowest BCUT2D eigenvalue weighted by atomic mass is 10.1. The number of nitrogens with one attached hydrogen (secondary N) is 3. The van der Waals surface area contributed by atoms with Crippen LogP contribution in [0.15, 0.2) is 73.3 Å².